The molecule has 1 aliphatic rings. The second-order valence-electron chi connectivity index (χ2n) is 5.11. The number of aromatic amines is 1. The quantitative estimate of drug-likeness (QED) is 0.817. The number of hydrogen-bond donors (Lipinski definition) is 2. The first-order valence-electron chi connectivity index (χ1n) is 6.96. The van der Waals surface area contributed by atoms with Crippen molar-refractivity contribution in [2.45, 2.75) is 6.42 Å². The minimum atomic E-state index is -0.443. The maximum absolute atomic E-state index is 12.3. The van der Waals surface area contributed by atoms with Crippen molar-refractivity contribution in [2.24, 2.45) is 5.92 Å². The lowest BCUT2D eigenvalue weighted by Crippen LogP contribution is -2.31. The molecule has 2 amide bonds. The normalized spacial score (nSPS) is 17.3. The Morgan fingerprint density at radius 2 is 2.17 bits per heavy atom. The molecule has 8 nitrogen and oxygen atoms in total. The van der Waals surface area contributed by atoms with Crippen LogP contribution in [0.5, 0.6) is 5.75 Å². The summed E-state index contributed by atoms with van der Waals surface area (Å²) in [5.74, 6) is -0.0941. The van der Waals surface area contributed by atoms with Gasteiger partial charge in [-0.05, 0) is 36.5 Å². The Kier molecular flexibility index (Phi) is 4.11. The van der Waals surface area contributed by atoms with Crippen LogP contribution >= 0.6 is 12.2 Å². The zero-order chi connectivity index (χ0) is 16.4. The van der Waals surface area contributed by atoms with E-state index in [9.17, 15) is 9.59 Å². The van der Waals surface area contributed by atoms with Crippen LogP contribution in [0.25, 0.3) is 0 Å². The Balaban J connectivity index is 1.70. The number of H-pyrrole nitrogens is 1. The van der Waals surface area contributed by atoms with Crippen LogP contribution in [0.4, 0.5) is 5.69 Å². The van der Waals surface area contributed by atoms with Gasteiger partial charge in [-0.3, -0.25) is 20.1 Å². The molecule has 120 valence electrons. The average molecular weight is 333 g/mol. The highest BCUT2D eigenvalue weighted by Crippen LogP contribution is 2.27. The summed E-state index contributed by atoms with van der Waals surface area (Å²) in [6.45, 7) is 0.322. The third-order valence-corrected chi connectivity index (χ3v) is 3.95. The number of nitrogens with one attached hydrogen (secondary N) is 2. The summed E-state index contributed by atoms with van der Waals surface area (Å²) in [6.07, 6.45) is 1.53. The maximum atomic E-state index is 12.3. The second kappa shape index (κ2) is 6.21. The van der Waals surface area contributed by atoms with E-state index < -0.39 is 5.92 Å². The van der Waals surface area contributed by atoms with Crippen molar-refractivity contribution in [3.8, 4) is 5.75 Å². The number of carbonyl (C=O) groups excluding carboxylic acids is 2. The Labute approximate surface area is 137 Å². The van der Waals surface area contributed by atoms with Crippen molar-refractivity contribution < 1.29 is 14.3 Å². The predicted octanol–water partition coefficient (Wildman–Crippen LogP) is 1.07. The molecule has 2 N–H and O–H groups in total. The highest BCUT2D eigenvalue weighted by atomic mass is 32.1. The summed E-state index contributed by atoms with van der Waals surface area (Å²) in [4.78, 5) is 26.0. The van der Waals surface area contributed by atoms with Gasteiger partial charge in [-0.1, -0.05) is 0 Å². The lowest BCUT2D eigenvalue weighted by Gasteiger charge is -2.17. The van der Waals surface area contributed by atoms with Crippen LogP contribution in [0, 0.1) is 10.7 Å². The number of ether oxygens (including phenoxy) is 1. The topological polar surface area (TPSA) is 92.2 Å². The van der Waals surface area contributed by atoms with E-state index in [1.165, 1.54) is 11.0 Å². The van der Waals surface area contributed by atoms with Crippen molar-refractivity contribution in [2.75, 3.05) is 24.0 Å². The van der Waals surface area contributed by atoms with Gasteiger partial charge in [0.25, 0.3) is 0 Å². The highest BCUT2D eigenvalue weighted by Gasteiger charge is 2.35. The van der Waals surface area contributed by atoms with Crippen molar-refractivity contribution >= 4 is 29.7 Å². The summed E-state index contributed by atoms with van der Waals surface area (Å²) < 4.78 is 6.70. The summed E-state index contributed by atoms with van der Waals surface area (Å²) in [7, 11) is 1.58. The third kappa shape index (κ3) is 3.09. The molecule has 0 bridgehead atoms. The van der Waals surface area contributed by atoms with E-state index in [2.05, 4.69) is 15.6 Å². The monoisotopic (exact) mass is 333 g/mol. The summed E-state index contributed by atoms with van der Waals surface area (Å²) in [5, 5.41) is 6.27. The molecule has 1 saturated heterocycles. The molecular weight excluding hydrogens is 318 g/mol. The van der Waals surface area contributed by atoms with Crippen molar-refractivity contribution in [1.82, 2.24) is 14.9 Å². The molecule has 0 radical (unpaired) electrons. The number of benzene rings is 1. The van der Waals surface area contributed by atoms with Gasteiger partial charge in [-0.2, -0.15) is 5.10 Å². The van der Waals surface area contributed by atoms with Crippen LogP contribution in [0.15, 0.2) is 30.6 Å². The Morgan fingerprint density at radius 3 is 2.78 bits per heavy atom. The van der Waals surface area contributed by atoms with E-state index in [0.29, 0.717) is 12.3 Å². The van der Waals surface area contributed by atoms with Crippen LogP contribution < -0.4 is 15.1 Å². The molecule has 2 aromatic rings. The number of amides is 2. The van der Waals surface area contributed by atoms with Crippen LogP contribution in [-0.4, -0.2) is 40.3 Å². The molecule has 2 heterocycles. The molecule has 23 heavy (non-hydrogen) atoms. The molecule has 1 fully saturated rings. The molecule has 9 heteroatoms. The van der Waals surface area contributed by atoms with E-state index in [1.807, 2.05) is 0 Å². The Hall–Kier alpha value is -2.68. The molecule has 0 spiro atoms. The molecule has 1 atom stereocenters. The van der Waals surface area contributed by atoms with Crippen LogP contribution in [0.1, 0.15) is 6.42 Å². The second-order valence-corrected chi connectivity index (χ2v) is 5.50. The number of rotatable bonds is 4. The fourth-order valence-electron chi connectivity index (χ4n) is 2.43. The Bertz CT molecular complexity index is 782. The Morgan fingerprint density at radius 1 is 1.43 bits per heavy atom. The zero-order valence-electron chi connectivity index (χ0n) is 12.4. The summed E-state index contributed by atoms with van der Waals surface area (Å²) in [6, 6.07) is 7.15. The smallest absolute Gasteiger partial charge is 0.244 e. The highest BCUT2D eigenvalue weighted by molar-refractivity contribution is 7.71. The minimum absolute atomic E-state index is 0.0916. The first-order valence-corrected chi connectivity index (χ1v) is 7.36. The van der Waals surface area contributed by atoms with Gasteiger partial charge >= 0.3 is 0 Å². The molecule has 0 saturated carbocycles. The van der Waals surface area contributed by atoms with Crippen LogP contribution in [0.3, 0.4) is 0 Å². The van der Waals surface area contributed by atoms with Crippen LogP contribution in [0.2, 0.25) is 0 Å². The summed E-state index contributed by atoms with van der Waals surface area (Å²) in [5.41, 5.74) is 3.37. The van der Waals surface area contributed by atoms with Gasteiger partial charge in [0.2, 0.25) is 16.6 Å². The zero-order valence-corrected chi connectivity index (χ0v) is 13.2. The third-order valence-electron chi connectivity index (χ3n) is 3.66. The number of anilines is 1. The first kappa shape index (κ1) is 15.2. The van der Waals surface area contributed by atoms with Gasteiger partial charge in [0, 0.05) is 18.7 Å². The lowest BCUT2D eigenvalue weighted by atomic mass is 10.1. The van der Waals surface area contributed by atoms with E-state index in [0.717, 1.165) is 5.69 Å². The first-order chi connectivity index (χ1) is 11.1. The lowest BCUT2D eigenvalue weighted by molar-refractivity contribution is -0.123. The molecule has 1 aliphatic heterocycles. The van der Waals surface area contributed by atoms with Gasteiger partial charge in [-0.15, -0.1) is 0 Å². The largest absolute Gasteiger partial charge is 0.497 e. The van der Waals surface area contributed by atoms with Gasteiger partial charge in [0.05, 0.1) is 13.0 Å². The molecule has 0 aliphatic carbocycles. The fourth-order valence-corrected chi connectivity index (χ4v) is 2.58. The number of methoxy groups -OCH3 is 1. The predicted molar refractivity (Wildman–Crippen MR) is 85.2 cm³/mol. The van der Waals surface area contributed by atoms with E-state index in [4.69, 9.17) is 17.0 Å². The SMILES string of the molecule is COc1ccc(N2CC(C(=O)Nn3cn[nH]c3=S)CC2=O)cc1. The van der Waals surface area contributed by atoms with E-state index in [-0.39, 0.29) is 23.0 Å². The van der Waals surface area contributed by atoms with E-state index in [1.54, 1.807) is 36.3 Å². The van der Waals surface area contributed by atoms with Crippen molar-refractivity contribution in [3.63, 3.8) is 0 Å². The maximum Gasteiger partial charge on any atom is 0.244 e. The van der Waals surface area contributed by atoms with Crippen molar-refractivity contribution in [3.05, 3.63) is 35.4 Å². The molecular formula is C14H15N5O3S. The van der Waals surface area contributed by atoms with E-state index >= 15 is 0 Å². The van der Waals surface area contributed by atoms with Gasteiger partial charge in [-0.25, -0.2) is 4.68 Å². The molecule has 1 aromatic heterocycles. The molecule has 1 unspecified atom stereocenters. The number of carbonyl (C=O) groups is 2. The standard InChI is InChI=1S/C14H15N5O3S/c1-22-11-4-2-10(3-5-11)18-7-9(6-12(18)20)13(21)17-19-8-15-16-14(19)23/h2-5,8-9H,6-7H2,1H3,(H,16,23)(H,17,21). The molecule has 1 aromatic carbocycles. The van der Waals surface area contributed by atoms with Gasteiger partial charge < -0.3 is 9.64 Å². The molecule has 3 rings (SSSR count). The summed E-state index contributed by atoms with van der Waals surface area (Å²) >= 11 is 4.97. The number of hydrogen-bond acceptors (Lipinski definition) is 5. The van der Waals surface area contributed by atoms with Gasteiger partial charge in [0.1, 0.15) is 12.1 Å². The average Bonchev–Trinajstić information content (AvgIpc) is 3.14. The van der Waals surface area contributed by atoms with Crippen molar-refractivity contribution in [1.29, 1.82) is 0 Å². The van der Waals surface area contributed by atoms with Crippen LogP contribution in [-0.2, 0) is 9.59 Å². The van der Waals surface area contributed by atoms with Gasteiger partial charge in [0.15, 0.2) is 0 Å². The number of nitrogens with zero attached hydrogens (tertiary/aromatic N) is 3. The minimum Gasteiger partial charge on any atom is -0.497 e. The fraction of sp³-hybridized carbons (Fsp3) is 0.286. The number of aromatic nitrogens is 3.